The molecule has 0 saturated heterocycles. The van der Waals surface area contributed by atoms with Crippen LogP contribution in [0, 0.1) is 10.1 Å². The summed E-state index contributed by atoms with van der Waals surface area (Å²) in [6, 6.07) is 9.42. The number of benzene rings is 2. The van der Waals surface area contributed by atoms with Crippen molar-refractivity contribution in [1.82, 2.24) is 4.90 Å². The SMILES string of the molecule is CCCCN(Cc1ccc(C(F)(F)F)cc1)Cc1ccc([N+](=O)[O-])cc1Cl. The topological polar surface area (TPSA) is 46.4 Å². The molecule has 0 heterocycles. The van der Waals surface area contributed by atoms with Crippen LogP contribution in [-0.4, -0.2) is 16.4 Å². The molecule has 8 heteroatoms. The highest BCUT2D eigenvalue weighted by Crippen LogP contribution is 2.29. The number of nitrogens with zero attached hydrogens (tertiary/aromatic N) is 2. The number of hydrogen-bond acceptors (Lipinski definition) is 3. The molecule has 0 atom stereocenters. The maximum Gasteiger partial charge on any atom is 0.416 e. The van der Waals surface area contributed by atoms with Crippen molar-refractivity contribution in [1.29, 1.82) is 0 Å². The quantitative estimate of drug-likeness (QED) is 0.399. The Balaban J connectivity index is 2.14. The summed E-state index contributed by atoms with van der Waals surface area (Å²) >= 11 is 6.17. The lowest BCUT2D eigenvalue weighted by molar-refractivity contribution is -0.384. The molecule has 2 aromatic rings. The van der Waals surface area contributed by atoms with Crippen molar-refractivity contribution >= 4 is 17.3 Å². The fraction of sp³-hybridized carbons (Fsp3) is 0.368. The van der Waals surface area contributed by atoms with Gasteiger partial charge in [0.15, 0.2) is 0 Å². The Morgan fingerprint density at radius 3 is 2.30 bits per heavy atom. The molecule has 0 aliphatic heterocycles. The zero-order valence-corrected chi connectivity index (χ0v) is 15.6. The second-order valence-electron chi connectivity index (χ2n) is 6.29. The summed E-state index contributed by atoms with van der Waals surface area (Å²) in [7, 11) is 0. The fourth-order valence-corrected chi connectivity index (χ4v) is 2.91. The average Bonchev–Trinajstić information content (AvgIpc) is 2.60. The highest BCUT2D eigenvalue weighted by molar-refractivity contribution is 6.31. The Kier molecular flexibility index (Phi) is 7.21. The maximum absolute atomic E-state index is 12.7. The molecule has 0 N–H and O–H groups in total. The van der Waals surface area contributed by atoms with Crippen molar-refractivity contribution in [3.8, 4) is 0 Å². The van der Waals surface area contributed by atoms with Crippen LogP contribution in [0.15, 0.2) is 42.5 Å². The first-order valence-corrected chi connectivity index (χ1v) is 8.89. The van der Waals surface area contributed by atoms with Crippen molar-refractivity contribution in [2.45, 2.75) is 39.0 Å². The van der Waals surface area contributed by atoms with E-state index in [1.807, 2.05) is 0 Å². The monoisotopic (exact) mass is 400 g/mol. The molecule has 2 aromatic carbocycles. The van der Waals surface area contributed by atoms with E-state index in [0.29, 0.717) is 18.1 Å². The molecule has 2 rings (SSSR count). The first kappa shape index (κ1) is 21.2. The van der Waals surface area contributed by atoms with E-state index >= 15 is 0 Å². The minimum atomic E-state index is -4.35. The predicted molar refractivity (Wildman–Crippen MR) is 98.6 cm³/mol. The second kappa shape index (κ2) is 9.19. The van der Waals surface area contributed by atoms with Crippen LogP contribution in [0.5, 0.6) is 0 Å². The highest BCUT2D eigenvalue weighted by Gasteiger charge is 2.30. The standard InChI is InChI=1S/C19H20ClF3N2O2/c1-2-3-10-24(12-14-4-7-16(8-5-14)19(21,22)23)13-15-6-9-17(25(26)27)11-18(15)20/h4-9,11H,2-3,10,12-13H2,1H3. The summed E-state index contributed by atoms with van der Waals surface area (Å²) < 4.78 is 38.1. The van der Waals surface area contributed by atoms with E-state index in [1.54, 1.807) is 6.07 Å². The number of alkyl halides is 3. The molecule has 146 valence electrons. The van der Waals surface area contributed by atoms with Crippen molar-refractivity contribution in [2.75, 3.05) is 6.54 Å². The van der Waals surface area contributed by atoms with E-state index in [0.717, 1.165) is 42.6 Å². The Morgan fingerprint density at radius 1 is 1.11 bits per heavy atom. The van der Waals surface area contributed by atoms with E-state index in [2.05, 4.69) is 11.8 Å². The number of nitro benzene ring substituents is 1. The van der Waals surface area contributed by atoms with Crippen LogP contribution in [-0.2, 0) is 19.3 Å². The Morgan fingerprint density at radius 2 is 1.78 bits per heavy atom. The Bertz CT molecular complexity index is 780. The summed E-state index contributed by atoms with van der Waals surface area (Å²) in [5.74, 6) is 0. The zero-order chi connectivity index (χ0) is 20.0. The Hall–Kier alpha value is -2.12. The number of hydrogen-bond donors (Lipinski definition) is 0. The molecule has 0 aliphatic rings. The molecule has 27 heavy (non-hydrogen) atoms. The third-order valence-electron chi connectivity index (χ3n) is 4.16. The van der Waals surface area contributed by atoms with Crippen LogP contribution in [0.1, 0.15) is 36.5 Å². The van der Waals surface area contributed by atoms with Crippen LogP contribution in [0.2, 0.25) is 5.02 Å². The number of halogens is 4. The van der Waals surface area contributed by atoms with Gasteiger partial charge in [0.05, 0.1) is 15.5 Å². The van der Waals surface area contributed by atoms with E-state index < -0.39 is 16.7 Å². The minimum Gasteiger partial charge on any atom is -0.295 e. The van der Waals surface area contributed by atoms with Crippen molar-refractivity contribution in [2.24, 2.45) is 0 Å². The van der Waals surface area contributed by atoms with Gasteiger partial charge in [0.2, 0.25) is 0 Å². The van der Waals surface area contributed by atoms with Crippen LogP contribution < -0.4 is 0 Å². The van der Waals surface area contributed by atoms with E-state index in [1.165, 1.54) is 24.3 Å². The summed E-state index contributed by atoms with van der Waals surface area (Å²) in [5, 5.41) is 11.1. The van der Waals surface area contributed by atoms with Gasteiger partial charge in [0, 0.05) is 25.2 Å². The largest absolute Gasteiger partial charge is 0.416 e. The van der Waals surface area contributed by atoms with Gasteiger partial charge in [-0.05, 0) is 42.3 Å². The summed E-state index contributed by atoms with van der Waals surface area (Å²) in [4.78, 5) is 12.4. The summed E-state index contributed by atoms with van der Waals surface area (Å²) in [6.07, 6.45) is -2.46. The lowest BCUT2D eigenvalue weighted by Crippen LogP contribution is -2.24. The molecule has 0 bridgehead atoms. The van der Waals surface area contributed by atoms with Gasteiger partial charge in [-0.3, -0.25) is 15.0 Å². The van der Waals surface area contributed by atoms with Gasteiger partial charge < -0.3 is 0 Å². The van der Waals surface area contributed by atoms with Crippen LogP contribution >= 0.6 is 11.6 Å². The molecule has 0 spiro atoms. The van der Waals surface area contributed by atoms with Crippen LogP contribution in [0.25, 0.3) is 0 Å². The van der Waals surface area contributed by atoms with Gasteiger partial charge in [-0.25, -0.2) is 0 Å². The molecule has 0 aromatic heterocycles. The Labute approximate surface area is 160 Å². The molecular weight excluding hydrogens is 381 g/mol. The van der Waals surface area contributed by atoms with Crippen LogP contribution in [0.3, 0.4) is 0 Å². The molecule has 0 amide bonds. The van der Waals surface area contributed by atoms with Gasteiger partial charge in [0.1, 0.15) is 0 Å². The van der Waals surface area contributed by atoms with Gasteiger partial charge in [-0.15, -0.1) is 0 Å². The molecular formula is C19H20ClF3N2O2. The first-order chi connectivity index (χ1) is 12.7. The zero-order valence-electron chi connectivity index (χ0n) is 14.8. The average molecular weight is 401 g/mol. The smallest absolute Gasteiger partial charge is 0.295 e. The maximum atomic E-state index is 12.7. The normalized spacial score (nSPS) is 11.8. The molecule has 4 nitrogen and oxygen atoms in total. The van der Waals surface area contributed by atoms with Gasteiger partial charge in [-0.1, -0.05) is 37.1 Å². The fourth-order valence-electron chi connectivity index (χ4n) is 2.67. The van der Waals surface area contributed by atoms with Gasteiger partial charge in [0.25, 0.3) is 5.69 Å². The summed E-state index contributed by atoms with van der Waals surface area (Å²) in [5.41, 5.74) is 0.749. The van der Waals surface area contributed by atoms with E-state index in [4.69, 9.17) is 11.6 Å². The number of non-ortho nitro benzene ring substituents is 1. The van der Waals surface area contributed by atoms with E-state index in [9.17, 15) is 23.3 Å². The summed E-state index contributed by atoms with van der Waals surface area (Å²) in [6.45, 7) is 3.71. The molecule has 0 fully saturated rings. The first-order valence-electron chi connectivity index (χ1n) is 8.52. The second-order valence-corrected chi connectivity index (χ2v) is 6.70. The molecule has 0 aliphatic carbocycles. The molecule has 0 radical (unpaired) electrons. The third-order valence-corrected chi connectivity index (χ3v) is 4.51. The lowest BCUT2D eigenvalue weighted by Gasteiger charge is -2.23. The van der Waals surface area contributed by atoms with Gasteiger partial charge in [-0.2, -0.15) is 13.2 Å². The lowest BCUT2D eigenvalue weighted by atomic mass is 10.1. The number of rotatable bonds is 8. The van der Waals surface area contributed by atoms with E-state index in [-0.39, 0.29) is 5.69 Å². The van der Waals surface area contributed by atoms with Crippen LogP contribution in [0.4, 0.5) is 18.9 Å². The number of unbranched alkanes of at least 4 members (excludes halogenated alkanes) is 1. The minimum absolute atomic E-state index is 0.0772. The van der Waals surface area contributed by atoms with Crippen molar-refractivity contribution < 1.29 is 18.1 Å². The van der Waals surface area contributed by atoms with Crippen molar-refractivity contribution in [3.63, 3.8) is 0 Å². The van der Waals surface area contributed by atoms with Crippen molar-refractivity contribution in [3.05, 3.63) is 74.3 Å². The molecule has 0 unspecified atom stereocenters. The van der Waals surface area contributed by atoms with Gasteiger partial charge >= 0.3 is 6.18 Å². The predicted octanol–water partition coefficient (Wildman–Crippen LogP) is 6.07. The third kappa shape index (κ3) is 6.22. The molecule has 0 saturated carbocycles. The number of nitro groups is 1. The highest BCUT2D eigenvalue weighted by atomic mass is 35.5.